The van der Waals surface area contributed by atoms with Crippen LogP contribution >= 0.6 is 11.3 Å². The Labute approximate surface area is 139 Å². The number of rotatable bonds is 5. The second-order valence-corrected chi connectivity index (χ2v) is 7.34. The molecule has 2 atom stereocenters. The van der Waals surface area contributed by atoms with Gasteiger partial charge in [0.15, 0.2) is 5.96 Å². The number of aliphatic imine (C=N–C) groups is 1. The Morgan fingerprint density at radius 3 is 2.95 bits per heavy atom. The molecule has 2 N–H and O–H groups in total. The van der Waals surface area contributed by atoms with Crippen molar-refractivity contribution in [1.82, 2.24) is 15.5 Å². The van der Waals surface area contributed by atoms with Crippen LogP contribution in [0.4, 0.5) is 0 Å². The molecule has 1 saturated heterocycles. The molecule has 1 aromatic rings. The van der Waals surface area contributed by atoms with E-state index in [-0.39, 0.29) is 0 Å². The maximum atomic E-state index is 4.84. The molecule has 1 aliphatic rings. The van der Waals surface area contributed by atoms with Gasteiger partial charge in [0.05, 0.1) is 0 Å². The summed E-state index contributed by atoms with van der Waals surface area (Å²) in [6, 6.07) is 5.35. The molecular weight excluding hydrogens is 292 g/mol. The third kappa shape index (κ3) is 4.71. The van der Waals surface area contributed by atoms with Crippen LogP contribution in [0.15, 0.2) is 22.5 Å². The van der Waals surface area contributed by atoms with E-state index >= 15 is 0 Å². The first-order valence-corrected chi connectivity index (χ1v) is 9.28. The summed E-state index contributed by atoms with van der Waals surface area (Å²) < 4.78 is 0. The lowest BCUT2D eigenvalue weighted by molar-refractivity contribution is 0.128. The minimum Gasteiger partial charge on any atom is -0.357 e. The van der Waals surface area contributed by atoms with Gasteiger partial charge >= 0.3 is 0 Å². The van der Waals surface area contributed by atoms with Crippen molar-refractivity contribution in [3.05, 3.63) is 22.4 Å². The van der Waals surface area contributed by atoms with Gasteiger partial charge in [0, 0.05) is 30.1 Å². The van der Waals surface area contributed by atoms with Crippen molar-refractivity contribution >= 4 is 17.3 Å². The summed E-state index contributed by atoms with van der Waals surface area (Å²) in [6.07, 6.45) is 2.53. The molecule has 0 spiro atoms. The summed E-state index contributed by atoms with van der Waals surface area (Å²) in [5, 5.41) is 8.93. The molecule has 2 unspecified atom stereocenters. The molecule has 0 aliphatic carbocycles. The Hall–Kier alpha value is -1.07. The van der Waals surface area contributed by atoms with Gasteiger partial charge in [0.1, 0.15) is 0 Å². The van der Waals surface area contributed by atoms with Crippen LogP contribution in [0.1, 0.15) is 44.5 Å². The molecule has 4 nitrogen and oxygen atoms in total. The van der Waals surface area contributed by atoms with Crippen molar-refractivity contribution in [1.29, 1.82) is 0 Å². The lowest BCUT2D eigenvalue weighted by Gasteiger charge is -2.38. The Morgan fingerprint density at radius 2 is 2.32 bits per heavy atom. The zero-order valence-corrected chi connectivity index (χ0v) is 15.1. The van der Waals surface area contributed by atoms with Gasteiger partial charge in [-0.3, -0.25) is 9.89 Å². The van der Waals surface area contributed by atoms with E-state index in [4.69, 9.17) is 4.99 Å². The minimum absolute atomic E-state index is 0.403. The van der Waals surface area contributed by atoms with Crippen LogP contribution < -0.4 is 10.6 Å². The van der Waals surface area contributed by atoms with Gasteiger partial charge in [-0.15, -0.1) is 11.3 Å². The zero-order chi connectivity index (χ0) is 15.9. The maximum Gasteiger partial charge on any atom is 0.191 e. The summed E-state index contributed by atoms with van der Waals surface area (Å²) in [6.45, 7) is 9.38. The van der Waals surface area contributed by atoms with E-state index in [1.165, 1.54) is 24.3 Å². The number of hydrogen-bond donors (Lipinski definition) is 2. The fourth-order valence-electron chi connectivity index (χ4n) is 3.16. The maximum absolute atomic E-state index is 4.84. The molecule has 1 aliphatic heterocycles. The number of thiophene rings is 1. The van der Waals surface area contributed by atoms with Crippen molar-refractivity contribution in [3.63, 3.8) is 0 Å². The number of piperidine rings is 1. The number of nitrogens with one attached hydrogen (secondary N) is 2. The predicted octanol–water partition coefficient (Wildman–Crippen LogP) is 3.09. The van der Waals surface area contributed by atoms with Crippen LogP contribution in [-0.2, 0) is 0 Å². The number of likely N-dealkylation sites (tertiary alicyclic amines) is 1. The molecule has 5 heteroatoms. The average Bonchev–Trinajstić information content (AvgIpc) is 2.98. The van der Waals surface area contributed by atoms with Crippen molar-refractivity contribution in [3.8, 4) is 0 Å². The average molecular weight is 323 g/mol. The van der Waals surface area contributed by atoms with Crippen LogP contribution in [-0.4, -0.2) is 43.6 Å². The molecule has 1 fully saturated rings. The van der Waals surface area contributed by atoms with Crippen LogP contribution in [0, 0.1) is 5.92 Å². The van der Waals surface area contributed by atoms with Crippen LogP contribution in [0.2, 0.25) is 0 Å². The van der Waals surface area contributed by atoms with E-state index in [1.54, 1.807) is 0 Å². The summed E-state index contributed by atoms with van der Waals surface area (Å²) in [4.78, 5) is 8.82. The highest BCUT2D eigenvalue weighted by molar-refractivity contribution is 7.10. The molecule has 2 rings (SSSR count). The summed E-state index contributed by atoms with van der Waals surface area (Å²) >= 11 is 1.87. The molecule has 0 saturated carbocycles. The van der Waals surface area contributed by atoms with E-state index in [1.807, 2.05) is 11.3 Å². The summed E-state index contributed by atoms with van der Waals surface area (Å²) in [5.41, 5.74) is 0. The SMILES string of the molecule is CCNC(=NCC1CCCN(C)C1c1cccs1)NC(C)C. The quantitative estimate of drug-likeness (QED) is 0.646. The van der Waals surface area contributed by atoms with E-state index in [9.17, 15) is 0 Å². The fourth-order valence-corrected chi connectivity index (χ4v) is 4.15. The first-order valence-electron chi connectivity index (χ1n) is 8.40. The summed E-state index contributed by atoms with van der Waals surface area (Å²) in [5.74, 6) is 1.54. The molecule has 124 valence electrons. The molecule has 0 amide bonds. The van der Waals surface area contributed by atoms with Gasteiger partial charge in [0.25, 0.3) is 0 Å². The Kier molecular flexibility index (Phi) is 6.70. The van der Waals surface area contributed by atoms with Gasteiger partial charge in [-0.1, -0.05) is 6.07 Å². The molecule has 0 bridgehead atoms. The van der Waals surface area contributed by atoms with Crippen molar-refractivity contribution in [2.75, 3.05) is 26.7 Å². The topological polar surface area (TPSA) is 39.7 Å². The van der Waals surface area contributed by atoms with Crippen LogP contribution in [0.25, 0.3) is 0 Å². The Morgan fingerprint density at radius 1 is 1.50 bits per heavy atom. The number of hydrogen-bond acceptors (Lipinski definition) is 3. The Bertz CT molecular complexity index is 455. The molecule has 1 aromatic heterocycles. The smallest absolute Gasteiger partial charge is 0.191 e. The molecule has 2 heterocycles. The number of nitrogens with zero attached hydrogens (tertiary/aromatic N) is 2. The van der Waals surface area contributed by atoms with E-state index in [0.717, 1.165) is 19.0 Å². The lowest BCUT2D eigenvalue weighted by Crippen LogP contribution is -2.42. The highest BCUT2D eigenvalue weighted by atomic mass is 32.1. The van der Waals surface area contributed by atoms with Crippen molar-refractivity contribution < 1.29 is 0 Å². The fraction of sp³-hybridized carbons (Fsp3) is 0.706. The van der Waals surface area contributed by atoms with Crippen LogP contribution in [0.5, 0.6) is 0 Å². The molecule has 0 aromatic carbocycles. The third-order valence-corrected chi connectivity index (χ3v) is 5.04. The van der Waals surface area contributed by atoms with Crippen LogP contribution in [0.3, 0.4) is 0 Å². The van der Waals surface area contributed by atoms with Gasteiger partial charge < -0.3 is 10.6 Å². The first-order chi connectivity index (χ1) is 10.6. The largest absolute Gasteiger partial charge is 0.357 e. The van der Waals surface area contributed by atoms with Gasteiger partial charge in [-0.05, 0) is 64.6 Å². The molecular formula is C17H30N4S. The standard InChI is InChI=1S/C17H30N4S/c1-5-18-17(20-13(2)3)19-12-14-8-6-10-21(4)16(14)15-9-7-11-22-15/h7,9,11,13-14,16H,5-6,8,10,12H2,1-4H3,(H2,18,19,20). The van der Waals surface area contributed by atoms with Gasteiger partial charge in [-0.2, -0.15) is 0 Å². The van der Waals surface area contributed by atoms with Gasteiger partial charge in [-0.25, -0.2) is 0 Å². The zero-order valence-electron chi connectivity index (χ0n) is 14.3. The highest BCUT2D eigenvalue weighted by Crippen LogP contribution is 2.37. The number of guanidine groups is 1. The van der Waals surface area contributed by atoms with Crippen molar-refractivity contribution in [2.45, 2.75) is 45.7 Å². The lowest BCUT2D eigenvalue weighted by atomic mass is 9.88. The normalized spacial score (nSPS) is 23.8. The Balaban J connectivity index is 2.07. The predicted molar refractivity (Wildman–Crippen MR) is 96.7 cm³/mol. The molecule has 22 heavy (non-hydrogen) atoms. The molecule has 0 radical (unpaired) electrons. The highest BCUT2D eigenvalue weighted by Gasteiger charge is 2.31. The second kappa shape index (κ2) is 8.53. The van der Waals surface area contributed by atoms with Crippen molar-refractivity contribution in [2.24, 2.45) is 10.9 Å². The first kappa shape index (κ1) is 17.3. The summed E-state index contributed by atoms with van der Waals surface area (Å²) in [7, 11) is 2.25. The van der Waals surface area contributed by atoms with Gasteiger partial charge in [0.2, 0.25) is 0 Å². The third-order valence-electron chi connectivity index (χ3n) is 4.10. The minimum atomic E-state index is 0.403. The van der Waals surface area contributed by atoms with E-state index in [0.29, 0.717) is 18.0 Å². The van der Waals surface area contributed by atoms with E-state index < -0.39 is 0 Å². The monoisotopic (exact) mass is 322 g/mol. The van der Waals surface area contributed by atoms with E-state index in [2.05, 4.69) is 60.9 Å². The second-order valence-electron chi connectivity index (χ2n) is 6.36.